The van der Waals surface area contributed by atoms with Crippen molar-refractivity contribution in [3.05, 3.63) is 6.07 Å². The van der Waals surface area contributed by atoms with E-state index < -0.39 is 0 Å². The van der Waals surface area contributed by atoms with Gasteiger partial charge in [0, 0.05) is 12.6 Å². The lowest BCUT2D eigenvalue weighted by atomic mass is 10.0. The van der Waals surface area contributed by atoms with Crippen LogP contribution in [0.4, 0.5) is 17.6 Å². The van der Waals surface area contributed by atoms with Crippen molar-refractivity contribution in [2.24, 2.45) is 22.6 Å². The van der Waals surface area contributed by atoms with Crippen molar-refractivity contribution in [2.45, 2.75) is 27.7 Å². The van der Waals surface area contributed by atoms with Gasteiger partial charge in [-0.2, -0.15) is 9.97 Å². The number of rotatable bonds is 4. The summed E-state index contributed by atoms with van der Waals surface area (Å²) in [5.74, 6) is 7.37. The Morgan fingerprint density at radius 3 is 2.22 bits per heavy atom. The molecule has 0 aromatic carbocycles. The molecule has 18 heavy (non-hydrogen) atoms. The van der Waals surface area contributed by atoms with E-state index in [1.165, 1.54) is 0 Å². The predicted octanol–water partition coefficient (Wildman–Crippen LogP) is 1.44. The van der Waals surface area contributed by atoms with Crippen molar-refractivity contribution >= 4 is 17.6 Å². The number of nitrogens with two attached hydrogens (primary N) is 2. The molecule has 6 N–H and O–H groups in total. The quantitative estimate of drug-likeness (QED) is 0.476. The summed E-state index contributed by atoms with van der Waals surface area (Å²) < 4.78 is 0. The molecular weight excluding hydrogens is 228 g/mol. The Morgan fingerprint density at radius 2 is 1.72 bits per heavy atom. The van der Waals surface area contributed by atoms with E-state index in [-0.39, 0.29) is 5.95 Å². The van der Waals surface area contributed by atoms with Crippen molar-refractivity contribution in [1.82, 2.24) is 9.97 Å². The first-order valence-electron chi connectivity index (χ1n) is 6.14. The van der Waals surface area contributed by atoms with Crippen molar-refractivity contribution < 1.29 is 0 Å². The Bertz CT molecular complexity index is 440. The Morgan fingerprint density at radius 1 is 1.17 bits per heavy atom. The average molecular weight is 250 g/mol. The third-order valence-electron chi connectivity index (χ3n) is 4.70. The van der Waals surface area contributed by atoms with Crippen LogP contribution in [0.2, 0.25) is 0 Å². The van der Waals surface area contributed by atoms with Crippen LogP contribution in [0.5, 0.6) is 0 Å². The summed E-state index contributed by atoms with van der Waals surface area (Å²) in [5.41, 5.74) is 8.79. The fourth-order valence-electron chi connectivity index (χ4n) is 2.68. The Hall–Kier alpha value is -1.56. The Labute approximate surface area is 108 Å². The SMILES string of the molecule is CC1(C)C(CNc2cc(NN)nc(N)n2)C1(C)C. The number of hydrogen-bond donors (Lipinski definition) is 4. The van der Waals surface area contributed by atoms with E-state index >= 15 is 0 Å². The van der Waals surface area contributed by atoms with Crippen LogP contribution in [0.3, 0.4) is 0 Å². The van der Waals surface area contributed by atoms with Gasteiger partial charge in [0.25, 0.3) is 0 Å². The summed E-state index contributed by atoms with van der Waals surface area (Å²) in [6, 6.07) is 1.75. The zero-order chi connectivity index (χ0) is 13.6. The molecule has 1 aromatic rings. The van der Waals surface area contributed by atoms with Crippen molar-refractivity contribution in [3.63, 3.8) is 0 Å². The van der Waals surface area contributed by atoms with Crippen molar-refractivity contribution in [1.29, 1.82) is 0 Å². The molecule has 2 rings (SSSR count). The molecule has 1 aliphatic rings. The van der Waals surface area contributed by atoms with E-state index in [2.05, 4.69) is 48.4 Å². The van der Waals surface area contributed by atoms with Crippen LogP contribution in [0.1, 0.15) is 27.7 Å². The maximum absolute atomic E-state index is 5.61. The second kappa shape index (κ2) is 3.98. The molecule has 0 amide bonds. The van der Waals surface area contributed by atoms with Gasteiger partial charge in [-0.05, 0) is 16.7 Å². The Kier molecular flexibility index (Phi) is 2.85. The molecule has 0 saturated heterocycles. The number of nitrogen functional groups attached to an aromatic ring is 2. The van der Waals surface area contributed by atoms with Gasteiger partial charge >= 0.3 is 0 Å². The van der Waals surface area contributed by atoms with E-state index in [4.69, 9.17) is 11.6 Å². The summed E-state index contributed by atoms with van der Waals surface area (Å²) in [7, 11) is 0. The van der Waals surface area contributed by atoms with E-state index in [0.717, 1.165) is 6.54 Å². The van der Waals surface area contributed by atoms with Gasteiger partial charge in [-0.3, -0.25) is 0 Å². The standard InChI is InChI=1S/C12H22N6/c1-11(2)7(12(11,3)4)6-15-8-5-9(18-14)17-10(13)16-8/h5,7H,6,14H2,1-4H3,(H4,13,15,16,17,18). The second-order valence-corrected chi connectivity index (χ2v) is 6.02. The van der Waals surface area contributed by atoms with Gasteiger partial charge in [0.15, 0.2) is 0 Å². The first kappa shape index (κ1) is 12.9. The summed E-state index contributed by atoms with van der Waals surface area (Å²) in [6.45, 7) is 10.0. The first-order chi connectivity index (χ1) is 8.29. The third-order valence-corrected chi connectivity index (χ3v) is 4.70. The molecule has 6 nitrogen and oxygen atoms in total. The average Bonchev–Trinajstić information content (AvgIpc) is 2.66. The van der Waals surface area contributed by atoms with E-state index in [0.29, 0.717) is 28.4 Å². The minimum absolute atomic E-state index is 0.210. The molecule has 0 bridgehead atoms. The number of aromatic nitrogens is 2. The maximum atomic E-state index is 5.61. The minimum Gasteiger partial charge on any atom is -0.370 e. The zero-order valence-electron chi connectivity index (χ0n) is 11.4. The molecule has 1 fully saturated rings. The van der Waals surface area contributed by atoms with Crippen molar-refractivity contribution in [2.75, 3.05) is 23.0 Å². The topological polar surface area (TPSA) is 102 Å². The second-order valence-electron chi connectivity index (χ2n) is 6.02. The summed E-state index contributed by atoms with van der Waals surface area (Å²) >= 11 is 0. The van der Waals surface area contributed by atoms with E-state index in [9.17, 15) is 0 Å². The Balaban J connectivity index is 2.02. The molecule has 0 aliphatic heterocycles. The summed E-state index contributed by atoms with van der Waals surface area (Å²) in [6.07, 6.45) is 0. The number of hydrazine groups is 1. The van der Waals surface area contributed by atoms with Crippen molar-refractivity contribution in [3.8, 4) is 0 Å². The molecule has 1 heterocycles. The smallest absolute Gasteiger partial charge is 0.223 e. The highest BCUT2D eigenvalue weighted by molar-refractivity contribution is 5.50. The minimum atomic E-state index is 0.210. The maximum Gasteiger partial charge on any atom is 0.223 e. The molecule has 1 aromatic heterocycles. The molecule has 6 heteroatoms. The lowest BCUT2D eigenvalue weighted by Crippen LogP contribution is -2.14. The molecule has 1 aliphatic carbocycles. The van der Waals surface area contributed by atoms with Gasteiger partial charge in [0.05, 0.1) is 0 Å². The van der Waals surface area contributed by atoms with Crippen LogP contribution in [0.15, 0.2) is 6.07 Å². The zero-order valence-corrected chi connectivity index (χ0v) is 11.4. The fraction of sp³-hybridized carbons (Fsp3) is 0.667. The molecular formula is C12H22N6. The monoisotopic (exact) mass is 250 g/mol. The lowest BCUT2D eigenvalue weighted by molar-refractivity contribution is 0.457. The fourth-order valence-corrected chi connectivity index (χ4v) is 2.68. The number of anilines is 3. The number of hydrogen-bond acceptors (Lipinski definition) is 6. The molecule has 0 atom stereocenters. The molecule has 0 spiro atoms. The third kappa shape index (κ3) is 1.96. The normalized spacial score (nSPS) is 20.5. The number of nitrogens with zero attached hydrogens (tertiary/aromatic N) is 2. The van der Waals surface area contributed by atoms with Crippen LogP contribution >= 0.6 is 0 Å². The van der Waals surface area contributed by atoms with E-state index in [1.807, 2.05) is 0 Å². The van der Waals surface area contributed by atoms with Gasteiger partial charge in [0.1, 0.15) is 11.6 Å². The first-order valence-corrected chi connectivity index (χ1v) is 6.14. The van der Waals surface area contributed by atoms with Crippen LogP contribution < -0.4 is 22.3 Å². The highest BCUT2D eigenvalue weighted by atomic mass is 15.3. The molecule has 0 radical (unpaired) electrons. The highest BCUT2D eigenvalue weighted by Crippen LogP contribution is 2.68. The van der Waals surface area contributed by atoms with Gasteiger partial charge in [-0.1, -0.05) is 27.7 Å². The summed E-state index contributed by atoms with van der Waals surface area (Å²) in [4.78, 5) is 8.08. The van der Waals surface area contributed by atoms with Crippen LogP contribution in [0.25, 0.3) is 0 Å². The van der Waals surface area contributed by atoms with E-state index in [1.54, 1.807) is 6.07 Å². The molecule has 1 saturated carbocycles. The van der Waals surface area contributed by atoms with Gasteiger partial charge in [-0.25, -0.2) is 5.84 Å². The van der Waals surface area contributed by atoms with Crippen LogP contribution in [0, 0.1) is 16.7 Å². The summed E-state index contributed by atoms with van der Waals surface area (Å²) in [5, 5.41) is 3.31. The lowest BCUT2D eigenvalue weighted by Gasteiger charge is -2.08. The van der Waals surface area contributed by atoms with Gasteiger partial charge in [-0.15, -0.1) is 0 Å². The van der Waals surface area contributed by atoms with Gasteiger partial charge < -0.3 is 16.5 Å². The highest BCUT2D eigenvalue weighted by Gasteiger charge is 2.64. The molecule has 100 valence electrons. The molecule has 0 unspecified atom stereocenters. The van der Waals surface area contributed by atoms with Crippen LogP contribution in [-0.4, -0.2) is 16.5 Å². The largest absolute Gasteiger partial charge is 0.370 e. The van der Waals surface area contributed by atoms with Gasteiger partial charge in [0.2, 0.25) is 5.95 Å². The predicted molar refractivity (Wildman–Crippen MR) is 73.8 cm³/mol. The number of nitrogens with one attached hydrogen (secondary N) is 2. The van der Waals surface area contributed by atoms with Crippen LogP contribution in [-0.2, 0) is 0 Å².